The maximum absolute atomic E-state index is 11.4. The first-order valence-corrected chi connectivity index (χ1v) is 1.95. The molecule has 0 radical (unpaired) electrons. The first-order valence-electron chi connectivity index (χ1n) is 1.95. The van der Waals surface area contributed by atoms with Crippen molar-refractivity contribution in [2.45, 2.75) is 18.5 Å². The molecule has 0 spiro atoms. The second kappa shape index (κ2) is 2.30. The molecule has 0 rings (SSSR count). The molecule has 1 atom stereocenters. The van der Waals surface area contributed by atoms with Crippen molar-refractivity contribution < 1.29 is 31.4 Å². The molecule has 10 heavy (non-hydrogen) atoms. The molecule has 0 aromatic rings. The largest absolute Gasteiger partial charge is 0.454 e. The maximum atomic E-state index is 11.4. The van der Waals surface area contributed by atoms with Gasteiger partial charge in [0, 0.05) is 0 Å². The number of hydrogen-bond donors (Lipinski definition) is 1. The second-order valence-corrected chi connectivity index (χ2v) is 1.47. The molecule has 0 saturated carbocycles. The third-order valence-electron chi connectivity index (χ3n) is 0.687. The van der Waals surface area contributed by atoms with Crippen LogP contribution in [0.4, 0.5) is 26.3 Å². The van der Waals surface area contributed by atoms with Crippen LogP contribution in [0.25, 0.3) is 0 Å². The SMILES string of the molecule is O[C@@](F)(C(F)F)C(F)(F)F. The Morgan fingerprint density at radius 2 is 1.30 bits per heavy atom. The Labute approximate surface area is 51.3 Å². The molecule has 0 unspecified atom stereocenters. The Balaban J connectivity index is 4.40. The highest BCUT2D eigenvalue weighted by atomic mass is 19.4. The molecule has 0 bridgehead atoms. The molecule has 0 aliphatic rings. The van der Waals surface area contributed by atoms with Gasteiger partial charge in [-0.2, -0.15) is 17.6 Å². The van der Waals surface area contributed by atoms with Crippen molar-refractivity contribution in [1.82, 2.24) is 0 Å². The van der Waals surface area contributed by atoms with E-state index in [9.17, 15) is 26.3 Å². The Morgan fingerprint density at radius 3 is 1.30 bits per heavy atom. The predicted octanol–water partition coefficient (Wildman–Crippen LogP) is 1.47. The van der Waals surface area contributed by atoms with Crippen LogP contribution in [-0.4, -0.2) is 23.6 Å². The van der Waals surface area contributed by atoms with Crippen LogP contribution >= 0.6 is 0 Å². The molecule has 1 nitrogen and oxygen atoms in total. The van der Waals surface area contributed by atoms with Crippen molar-refractivity contribution >= 4 is 0 Å². The molecule has 0 saturated heterocycles. The number of halogens is 6. The quantitative estimate of drug-likeness (QED) is 0.587. The van der Waals surface area contributed by atoms with Crippen molar-refractivity contribution in [3.05, 3.63) is 0 Å². The minimum absolute atomic E-state index is 4.48. The van der Waals surface area contributed by atoms with Crippen LogP contribution in [0.3, 0.4) is 0 Å². The van der Waals surface area contributed by atoms with E-state index < -0.39 is 18.5 Å². The van der Waals surface area contributed by atoms with Gasteiger partial charge in [-0.05, 0) is 0 Å². The molecule has 0 amide bonds. The lowest BCUT2D eigenvalue weighted by Crippen LogP contribution is -2.47. The Morgan fingerprint density at radius 1 is 1.00 bits per heavy atom. The minimum Gasteiger partial charge on any atom is -0.350 e. The highest BCUT2D eigenvalue weighted by Gasteiger charge is 2.62. The van der Waals surface area contributed by atoms with Crippen LogP contribution in [0.15, 0.2) is 0 Å². The first kappa shape index (κ1) is 9.54. The van der Waals surface area contributed by atoms with Gasteiger partial charge in [-0.1, -0.05) is 0 Å². The summed E-state index contributed by atoms with van der Waals surface area (Å²) >= 11 is 0. The van der Waals surface area contributed by atoms with E-state index in [1.807, 2.05) is 0 Å². The first-order chi connectivity index (χ1) is 4.19. The van der Waals surface area contributed by atoms with Crippen molar-refractivity contribution in [3.63, 3.8) is 0 Å². The Hall–Kier alpha value is -0.460. The van der Waals surface area contributed by atoms with Gasteiger partial charge in [0.25, 0.3) is 0 Å². The topological polar surface area (TPSA) is 20.2 Å². The van der Waals surface area contributed by atoms with Gasteiger partial charge in [-0.3, -0.25) is 0 Å². The molecule has 0 heterocycles. The molecule has 0 fully saturated rings. The van der Waals surface area contributed by atoms with Crippen LogP contribution in [0.2, 0.25) is 0 Å². The number of hydrogen-bond acceptors (Lipinski definition) is 1. The smallest absolute Gasteiger partial charge is 0.350 e. The average molecular weight is 168 g/mol. The zero-order valence-electron chi connectivity index (χ0n) is 4.29. The fourth-order valence-corrected chi connectivity index (χ4v) is 0.124. The van der Waals surface area contributed by atoms with Gasteiger partial charge in [-0.15, -0.1) is 0 Å². The summed E-state index contributed by atoms with van der Waals surface area (Å²) in [6.45, 7) is 0. The summed E-state index contributed by atoms with van der Waals surface area (Å²) in [5.41, 5.74) is 0. The van der Waals surface area contributed by atoms with Crippen molar-refractivity contribution in [3.8, 4) is 0 Å². The van der Waals surface area contributed by atoms with Gasteiger partial charge in [0.2, 0.25) is 0 Å². The molecule has 0 aliphatic carbocycles. The minimum atomic E-state index is -5.94. The summed E-state index contributed by atoms with van der Waals surface area (Å²) in [5, 5.41) is 7.39. The molecule has 0 aromatic heterocycles. The number of alkyl halides is 6. The van der Waals surface area contributed by atoms with Crippen molar-refractivity contribution in [2.24, 2.45) is 0 Å². The van der Waals surface area contributed by atoms with Crippen LogP contribution in [0, 0.1) is 0 Å². The van der Waals surface area contributed by atoms with Crippen LogP contribution in [-0.2, 0) is 0 Å². The van der Waals surface area contributed by atoms with Gasteiger partial charge in [-0.25, -0.2) is 8.78 Å². The van der Waals surface area contributed by atoms with E-state index in [4.69, 9.17) is 5.11 Å². The third-order valence-corrected chi connectivity index (χ3v) is 0.687. The van der Waals surface area contributed by atoms with E-state index in [2.05, 4.69) is 0 Å². The zero-order chi connectivity index (χ0) is 8.58. The summed E-state index contributed by atoms with van der Waals surface area (Å²) in [6.07, 6.45) is -10.4. The summed E-state index contributed by atoms with van der Waals surface area (Å²) in [5.74, 6) is -5.40. The summed E-state index contributed by atoms with van der Waals surface area (Å²) in [4.78, 5) is 0. The predicted molar refractivity (Wildman–Crippen MR) is 18.1 cm³/mol. The lowest BCUT2D eigenvalue weighted by Gasteiger charge is -2.20. The Bertz CT molecular complexity index is 115. The average Bonchev–Trinajstić information content (AvgIpc) is 1.62. The molecule has 0 aliphatic heterocycles. The van der Waals surface area contributed by atoms with E-state index in [0.29, 0.717) is 0 Å². The van der Waals surface area contributed by atoms with Crippen LogP contribution < -0.4 is 0 Å². The lowest BCUT2D eigenvalue weighted by atomic mass is 10.3. The summed E-state index contributed by atoms with van der Waals surface area (Å²) in [7, 11) is 0. The lowest BCUT2D eigenvalue weighted by molar-refractivity contribution is -0.352. The molecular formula is C3H2F6O. The fourth-order valence-electron chi connectivity index (χ4n) is 0.124. The van der Waals surface area contributed by atoms with Gasteiger partial charge in [0.15, 0.2) is 0 Å². The molecule has 62 valence electrons. The monoisotopic (exact) mass is 168 g/mol. The van der Waals surface area contributed by atoms with Gasteiger partial charge >= 0.3 is 18.5 Å². The fraction of sp³-hybridized carbons (Fsp3) is 1.00. The number of rotatable bonds is 1. The van der Waals surface area contributed by atoms with Crippen LogP contribution in [0.1, 0.15) is 0 Å². The Kier molecular flexibility index (Phi) is 2.19. The maximum Gasteiger partial charge on any atom is 0.454 e. The standard InChI is InChI=1S/C3H2F6O/c4-1(5)2(6,10)3(7,8)9/h1,10H/t2-/m0/s1. The normalized spacial score (nSPS) is 19.2. The van der Waals surface area contributed by atoms with E-state index in [-0.39, 0.29) is 0 Å². The highest BCUT2D eigenvalue weighted by Crippen LogP contribution is 2.36. The van der Waals surface area contributed by atoms with Crippen molar-refractivity contribution in [1.29, 1.82) is 0 Å². The van der Waals surface area contributed by atoms with E-state index in [1.54, 1.807) is 0 Å². The third kappa shape index (κ3) is 1.53. The highest BCUT2D eigenvalue weighted by molar-refractivity contribution is 4.76. The molecular weight excluding hydrogens is 166 g/mol. The molecule has 7 heteroatoms. The second-order valence-electron chi connectivity index (χ2n) is 1.47. The zero-order valence-corrected chi connectivity index (χ0v) is 4.29. The van der Waals surface area contributed by atoms with E-state index in [1.165, 1.54) is 0 Å². The van der Waals surface area contributed by atoms with E-state index >= 15 is 0 Å². The number of aliphatic hydroxyl groups is 1. The molecule has 0 aromatic carbocycles. The van der Waals surface area contributed by atoms with Crippen LogP contribution in [0.5, 0.6) is 0 Å². The van der Waals surface area contributed by atoms with Crippen molar-refractivity contribution in [2.75, 3.05) is 0 Å². The van der Waals surface area contributed by atoms with Gasteiger partial charge < -0.3 is 5.11 Å². The summed E-state index contributed by atoms with van der Waals surface area (Å²) < 4.78 is 66.3. The summed E-state index contributed by atoms with van der Waals surface area (Å²) in [6, 6.07) is 0. The van der Waals surface area contributed by atoms with Gasteiger partial charge in [0.05, 0.1) is 0 Å². The molecule has 1 N–H and O–H groups in total. The van der Waals surface area contributed by atoms with E-state index in [0.717, 1.165) is 0 Å². The van der Waals surface area contributed by atoms with Gasteiger partial charge in [0.1, 0.15) is 0 Å².